The average molecular weight is 334 g/mol. The second kappa shape index (κ2) is 15.0. The first-order valence-electron chi connectivity index (χ1n) is 7.46. The van der Waals surface area contributed by atoms with Gasteiger partial charge in [-0.25, -0.2) is 0 Å². The summed E-state index contributed by atoms with van der Waals surface area (Å²) in [4.78, 5) is 0. The summed E-state index contributed by atoms with van der Waals surface area (Å²) in [6.45, 7) is 11.0. The molecule has 110 valence electrons. The van der Waals surface area contributed by atoms with E-state index in [2.05, 4.69) is 34.6 Å². The Hall–Kier alpha value is 2.07. The highest BCUT2D eigenvalue weighted by Gasteiger charge is 2.15. The normalized spacial score (nSPS) is 12.3. The molecule has 0 aliphatic rings. The van der Waals surface area contributed by atoms with E-state index in [0.29, 0.717) is 0 Å². The molecule has 19 heavy (non-hydrogen) atoms. The topological polar surface area (TPSA) is 9.23 Å². The third kappa shape index (κ3) is 20.1. The second-order valence-electron chi connectivity index (χ2n) is 6.34. The van der Waals surface area contributed by atoms with Gasteiger partial charge in [-0.2, -0.15) is 0 Å². The largest absolute Gasteiger partial charge is 0.503 e. The molecular formula is C14H30Cl2Mg2O. The fourth-order valence-corrected chi connectivity index (χ4v) is 2.86. The number of hydrogen-bond acceptors (Lipinski definition) is 1. The van der Waals surface area contributed by atoms with E-state index in [1.165, 1.54) is 23.8 Å². The third-order valence-electron chi connectivity index (χ3n) is 3.17. The molecule has 0 aromatic heterocycles. The molecule has 0 heterocycles. The first-order chi connectivity index (χ1) is 8.79. The summed E-state index contributed by atoms with van der Waals surface area (Å²) in [5.41, 5.74) is 0.0565. The molecule has 0 aliphatic carbocycles. The molecular weight excluding hydrogens is 304 g/mol. The van der Waals surface area contributed by atoms with Crippen molar-refractivity contribution in [3.8, 4) is 0 Å². The Morgan fingerprint density at radius 3 is 2.00 bits per heavy atom. The van der Waals surface area contributed by atoms with Gasteiger partial charge in [-0.1, -0.05) is 40.0 Å². The van der Waals surface area contributed by atoms with Gasteiger partial charge in [0.05, 0.1) is 5.60 Å². The summed E-state index contributed by atoms with van der Waals surface area (Å²) in [5, 5.41) is 0. The van der Waals surface area contributed by atoms with Crippen LogP contribution in [-0.2, 0) is 4.74 Å². The van der Waals surface area contributed by atoms with Crippen LogP contribution in [0.2, 0.25) is 8.60 Å². The molecule has 0 bridgehead atoms. The predicted molar refractivity (Wildman–Crippen MR) is 91.8 cm³/mol. The zero-order valence-corrected chi connectivity index (χ0v) is 18.1. The van der Waals surface area contributed by atoms with Crippen molar-refractivity contribution in [1.29, 1.82) is 0 Å². The van der Waals surface area contributed by atoms with Gasteiger partial charge >= 0.3 is 38.5 Å². The van der Waals surface area contributed by atoms with E-state index in [1.54, 1.807) is 7.11 Å². The van der Waals surface area contributed by atoms with Gasteiger partial charge in [0, 0.05) is 7.11 Å². The molecule has 0 spiro atoms. The van der Waals surface area contributed by atoms with E-state index in [4.69, 9.17) is 22.9 Å². The van der Waals surface area contributed by atoms with E-state index in [-0.39, 0.29) is 44.1 Å². The average Bonchev–Trinajstić information content (AvgIpc) is 2.36. The van der Waals surface area contributed by atoms with Crippen LogP contribution < -0.4 is 0 Å². The number of halogens is 2. The highest BCUT2D eigenvalue weighted by Crippen LogP contribution is 2.21. The van der Waals surface area contributed by atoms with Crippen molar-refractivity contribution in [2.45, 2.75) is 74.5 Å². The smallest absolute Gasteiger partial charge is 0.379 e. The molecule has 0 aliphatic heterocycles. The van der Waals surface area contributed by atoms with Crippen LogP contribution in [0.4, 0.5) is 0 Å². The molecule has 0 amide bonds. The number of methoxy groups -OCH3 is 1. The van der Waals surface area contributed by atoms with Crippen molar-refractivity contribution in [3.63, 3.8) is 0 Å². The van der Waals surface area contributed by atoms with Gasteiger partial charge in [-0.15, -0.1) is 8.60 Å². The second-order valence-corrected chi connectivity index (χ2v) is 11.4. The Kier molecular flexibility index (Phi) is 18.4. The van der Waals surface area contributed by atoms with Crippen molar-refractivity contribution in [3.05, 3.63) is 0 Å². The highest BCUT2D eigenvalue weighted by molar-refractivity contribution is 6.94. The van der Waals surface area contributed by atoms with Gasteiger partial charge in [0.1, 0.15) is 0 Å². The molecule has 5 heteroatoms. The number of rotatable bonds is 9. The fourth-order valence-electron chi connectivity index (χ4n) is 1.55. The minimum atomic E-state index is -0.236. The Labute approximate surface area is 147 Å². The molecule has 0 aromatic carbocycles. The molecule has 0 rings (SSSR count). The van der Waals surface area contributed by atoms with E-state index in [9.17, 15) is 0 Å². The Morgan fingerprint density at radius 2 is 1.63 bits per heavy atom. The van der Waals surface area contributed by atoms with Crippen molar-refractivity contribution in [1.82, 2.24) is 0 Å². The summed E-state index contributed by atoms with van der Waals surface area (Å²) in [5.74, 6) is 0.842. The van der Waals surface area contributed by atoms with Gasteiger partial charge < -0.3 is 22.9 Å². The van der Waals surface area contributed by atoms with Crippen LogP contribution in [0.25, 0.3) is 0 Å². The number of hydrogen-bond donors (Lipinski definition) is 0. The standard InChI is InChI=1S/C11H23O.C3H7.2ClH.2Mg/c1-6-10(2)8-7-9-11(3,4)12-5;1-3-2;;;;/h10H,1,6-9H2,2-5H3;3H,1-2H3;2*1H;;/q;;;;2*+1/p-2. The maximum Gasteiger partial charge on any atom is 0.503 e. The fraction of sp³-hybridized carbons (Fsp3) is 1.00. The number of ether oxygens (including phenoxy) is 1. The molecule has 0 aromatic rings. The molecule has 0 fully saturated rings. The van der Waals surface area contributed by atoms with Crippen molar-refractivity contribution >= 4 is 56.7 Å². The third-order valence-corrected chi connectivity index (χ3v) is 7.11. The van der Waals surface area contributed by atoms with Gasteiger partial charge in [-0.3, -0.25) is 0 Å². The summed E-state index contributed by atoms with van der Waals surface area (Å²) in [6.07, 6.45) is 5.07. The predicted octanol–water partition coefficient (Wildman–Crippen LogP) is 5.56. The van der Waals surface area contributed by atoms with Crippen molar-refractivity contribution in [2.24, 2.45) is 5.92 Å². The van der Waals surface area contributed by atoms with Gasteiger partial charge in [0.25, 0.3) is 0 Å². The highest BCUT2D eigenvalue weighted by atomic mass is 35.5. The van der Waals surface area contributed by atoms with Crippen LogP contribution in [0.15, 0.2) is 0 Å². The van der Waals surface area contributed by atoms with Crippen LogP contribution in [0.5, 0.6) is 0 Å². The van der Waals surface area contributed by atoms with Crippen LogP contribution in [0, 0.1) is 5.92 Å². The lowest BCUT2D eigenvalue weighted by Crippen LogP contribution is -2.22. The van der Waals surface area contributed by atoms with E-state index in [1.807, 2.05) is 0 Å². The Bertz CT molecular complexity index is 190. The minimum absolute atomic E-state index is 0.0565. The van der Waals surface area contributed by atoms with Crippen molar-refractivity contribution in [2.75, 3.05) is 7.11 Å². The molecule has 0 saturated carbocycles. The summed E-state index contributed by atoms with van der Waals surface area (Å²) in [7, 11) is 13.1. The summed E-state index contributed by atoms with van der Waals surface area (Å²) >= 11 is -0.415. The molecule has 1 unspecified atom stereocenters. The lowest BCUT2D eigenvalue weighted by molar-refractivity contribution is 0.0127. The molecule has 0 radical (unpaired) electrons. The molecule has 0 N–H and O–H groups in total. The van der Waals surface area contributed by atoms with Crippen molar-refractivity contribution < 1.29 is 4.74 Å². The first-order valence-corrected chi connectivity index (χ1v) is 13.5. The molecule has 0 saturated heterocycles. The monoisotopic (exact) mass is 332 g/mol. The lowest BCUT2D eigenvalue weighted by atomic mass is 9.95. The SMILES string of the molecule is COC(C)(C)CCCC(C)C[CH2][Mg][Cl].C[CH](C)[Mg][Cl]. The van der Waals surface area contributed by atoms with Crippen LogP contribution in [0.1, 0.15) is 60.3 Å². The zero-order chi connectivity index (χ0) is 15.3. The quantitative estimate of drug-likeness (QED) is 0.502. The molecule has 1 atom stereocenters. The lowest BCUT2D eigenvalue weighted by Gasteiger charge is -2.23. The van der Waals surface area contributed by atoms with E-state index < -0.39 is 0 Å². The minimum Gasteiger partial charge on any atom is -0.379 e. The van der Waals surface area contributed by atoms with Gasteiger partial charge in [-0.05, 0) is 26.2 Å². The Morgan fingerprint density at radius 1 is 1.11 bits per heavy atom. The van der Waals surface area contributed by atoms with Gasteiger partial charge in [0.2, 0.25) is 0 Å². The maximum atomic E-state index is 5.79. The molecule has 1 nitrogen and oxygen atoms in total. The van der Waals surface area contributed by atoms with E-state index >= 15 is 0 Å². The van der Waals surface area contributed by atoms with Crippen LogP contribution in [-0.4, -0.2) is 51.2 Å². The van der Waals surface area contributed by atoms with E-state index in [0.717, 1.165) is 16.4 Å². The maximum absolute atomic E-state index is 5.79. The van der Waals surface area contributed by atoms with Crippen LogP contribution in [0.3, 0.4) is 0 Å². The van der Waals surface area contributed by atoms with Crippen LogP contribution >= 0.6 is 18.1 Å². The summed E-state index contributed by atoms with van der Waals surface area (Å²) < 4.78 is 7.46. The Balaban J connectivity index is 0. The zero-order valence-electron chi connectivity index (χ0n) is 13.8. The summed E-state index contributed by atoms with van der Waals surface area (Å²) in [6, 6.07) is 0. The van der Waals surface area contributed by atoms with Gasteiger partial charge in [0.15, 0.2) is 0 Å². The first kappa shape index (κ1) is 23.3.